The second-order valence-corrected chi connectivity index (χ2v) is 25.3. The molecule has 12 nitrogen and oxygen atoms in total. The van der Waals surface area contributed by atoms with Crippen LogP contribution in [0.1, 0.15) is 86.5 Å². The Kier molecular flexibility index (Phi) is 20.8. The standard InChI is InChI=1S/C85H62F12N10O2/c86-82(87,88)56-44-57(83(89,90)91)47-62(46-56)100-76-40-36-72(106-76)80(54-22-10-3-11-23-54)68-32-30-66(102-68)78(52-18-6-1-7-19-52)70-34-38-74(104-70)98-60-26-16-28-64(50-60)108-42-14-5-15-43-109-65-29-17-27-61(51-65)99-75-39-35-71(105-75)79(53-20-8-2-9-21-53)67-31-33-69(103-67)81(55-24-12-4-13-25-55)73-37-41-77(107-73)101-63-48-58(84(92,93)94)45-59(49-63)85(95,96)97/h1-4,6-13,16-41,44-51,102-103H,5,14-15,42-43H2,(H,98,104)(H,99,105)(H,100,106)(H,101,107). The number of ether oxygens (including phenoxy) is 2. The van der Waals surface area contributed by atoms with Crippen LogP contribution in [0.15, 0.2) is 322 Å². The highest BCUT2D eigenvalue weighted by Crippen LogP contribution is 2.43. The van der Waals surface area contributed by atoms with Crippen LogP contribution < -0.4 is 30.7 Å². The molecule has 548 valence electrons. The maximum absolute atomic E-state index is 13.8. The number of rotatable bonds is 20. The molecule has 6 heterocycles. The van der Waals surface area contributed by atoms with Crippen LogP contribution in [-0.4, -0.2) is 46.5 Å². The molecule has 0 aliphatic carbocycles. The van der Waals surface area contributed by atoms with E-state index in [4.69, 9.17) is 19.5 Å². The third kappa shape index (κ3) is 17.7. The van der Waals surface area contributed by atoms with Gasteiger partial charge in [-0.1, -0.05) is 133 Å². The fourth-order valence-corrected chi connectivity index (χ4v) is 12.6. The number of hydrogen-bond acceptors (Lipinski definition) is 10. The van der Waals surface area contributed by atoms with Gasteiger partial charge in [0.05, 0.1) is 58.3 Å². The van der Waals surface area contributed by atoms with Gasteiger partial charge < -0.3 is 40.7 Å². The third-order valence-electron chi connectivity index (χ3n) is 17.5. The van der Waals surface area contributed by atoms with Crippen molar-refractivity contribution in [1.29, 1.82) is 0 Å². The molecule has 2 aromatic heterocycles. The number of unbranched alkanes of at least 4 members (excludes halogenated alkanes) is 2. The van der Waals surface area contributed by atoms with Crippen LogP contribution >= 0.6 is 0 Å². The van der Waals surface area contributed by atoms with Crippen molar-refractivity contribution in [3.05, 3.63) is 369 Å². The van der Waals surface area contributed by atoms with E-state index >= 15 is 0 Å². The predicted molar refractivity (Wildman–Crippen MR) is 403 cm³/mol. The molecule has 0 unspecified atom stereocenters. The zero-order valence-electron chi connectivity index (χ0n) is 57.2. The number of aromatic nitrogens is 2. The number of H-pyrrole nitrogens is 2. The Balaban J connectivity index is 0.597. The van der Waals surface area contributed by atoms with Gasteiger partial charge in [-0.05, 0) is 175 Å². The maximum Gasteiger partial charge on any atom is 0.416 e. The molecule has 14 rings (SSSR count). The van der Waals surface area contributed by atoms with Crippen molar-refractivity contribution in [1.82, 2.24) is 9.97 Å². The number of aliphatic imine (C=N–C) groups is 4. The molecule has 0 spiro atoms. The molecule has 0 amide bonds. The average Bonchev–Trinajstić information content (AvgIpc) is 1.75. The third-order valence-corrected chi connectivity index (χ3v) is 17.5. The molecule has 0 bridgehead atoms. The van der Waals surface area contributed by atoms with E-state index in [9.17, 15) is 52.7 Å². The van der Waals surface area contributed by atoms with Crippen molar-refractivity contribution in [2.24, 2.45) is 20.0 Å². The van der Waals surface area contributed by atoms with Gasteiger partial charge in [-0.15, -0.1) is 0 Å². The second-order valence-electron chi connectivity index (χ2n) is 25.3. The number of hydrogen-bond donors (Lipinski definition) is 6. The van der Waals surface area contributed by atoms with E-state index in [1.54, 1.807) is 12.2 Å². The molecular formula is C85H62F12N10O2. The number of anilines is 4. The summed E-state index contributed by atoms with van der Waals surface area (Å²) in [7, 11) is 0. The van der Waals surface area contributed by atoms with E-state index in [-0.39, 0.29) is 23.8 Å². The lowest BCUT2D eigenvalue weighted by molar-refractivity contribution is -0.144. The molecule has 0 saturated carbocycles. The van der Waals surface area contributed by atoms with Gasteiger partial charge in [-0.25, -0.2) is 20.0 Å². The van der Waals surface area contributed by atoms with E-state index < -0.39 is 58.3 Å². The van der Waals surface area contributed by atoms with Gasteiger partial charge in [0.2, 0.25) is 0 Å². The molecule has 4 aliphatic rings. The fourth-order valence-electron chi connectivity index (χ4n) is 12.6. The van der Waals surface area contributed by atoms with Gasteiger partial charge in [0.25, 0.3) is 0 Å². The van der Waals surface area contributed by atoms with Crippen molar-refractivity contribution >= 4 is 68.4 Å². The quantitative estimate of drug-likeness (QED) is 0.0331. The van der Waals surface area contributed by atoms with Crippen molar-refractivity contribution in [3.63, 3.8) is 0 Å². The number of benzene rings is 8. The molecule has 6 N–H and O–H groups in total. The number of amidine groups is 4. The van der Waals surface area contributed by atoms with E-state index in [1.807, 2.05) is 218 Å². The number of alkyl halides is 12. The smallest absolute Gasteiger partial charge is 0.416 e. The first-order valence-electron chi connectivity index (χ1n) is 34.3. The molecule has 109 heavy (non-hydrogen) atoms. The lowest BCUT2D eigenvalue weighted by Gasteiger charge is -2.15. The summed E-state index contributed by atoms with van der Waals surface area (Å²) in [6, 6.07) is 63.3. The summed E-state index contributed by atoms with van der Waals surface area (Å²) in [5, 5.41) is 12.1. The Hall–Kier alpha value is -13.1. The maximum atomic E-state index is 13.8. The zero-order chi connectivity index (χ0) is 75.9. The van der Waals surface area contributed by atoms with Crippen LogP contribution in [0.5, 0.6) is 11.5 Å². The van der Waals surface area contributed by atoms with Crippen molar-refractivity contribution in [2.45, 2.75) is 44.0 Å². The first-order valence-corrected chi connectivity index (χ1v) is 34.3. The van der Waals surface area contributed by atoms with E-state index in [1.165, 1.54) is 12.2 Å². The molecule has 0 radical (unpaired) electrons. The van der Waals surface area contributed by atoms with Crippen LogP contribution in [-0.2, 0) is 24.7 Å². The monoisotopic (exact) mass is 1480 g/mol. The Morgan fingerprint density at radius 3 is 0.807 bits per heavy atom. The van der Waals surface area contributed by atoms with Gasteiger partial charge in [0.1, 0.15) is 34.8 Å². The second kappa shape index (κ2) is 31.1. The average molecular weight is 1480 g/mol. The summed E-state index contributed by atoms with van der Waals surface area (Å²) in [5.41, 5.74) is 5.59. The summed E-state index contributed by atoms with van der Waals surface area (Å²) in [4.78, 5) is 26.5. The predicted octanol–water partition coefficient (Wildman–Crippen LogP) is 22.4. The van der Waals surface area contributed by atoms with Crippen LogP contribution in [0.25, 0.3) is 22.3 Å². The summed E-state index contributed by atoms with van der Waals surface area (Å²) < 4.78 is 177. The van der Waals surface area contributed by atoms with Gasteiger partial charge in [-0.2, -0.15) is 52.7 Å². The lowest BCUT2D eigenvalue weighted by Crippen LogP contribution is -2.14. The Bertz CT molecular complexity index is 5060. The van der Waals surface area contributed by atoms with Crippen LogP contribution in [0.3, 0.4) is 0 Å². The highest BCUT2D eigenvalue weighted by Gasteiger charge is 2.39. The molecule has 10 aromatic rings. The van der Waals surface area contributed by atoms with Crippen LogP contribution in [0, 0.1) is 0 Å². The largest absolute Gasteiger partial charge is 0.494 e. The van der Waals surface area contributed by atoms with Crippen molar-refractivity contribution in [3.8, 4) is 11.5 Å². The van der Waals surface area contributed by atoms with Crippen molar-refractivity contribution in [2.75, 3.05) is 34.5 Å². The summed E-state index contributed by atoms with van der Waals surface area (Å²) >= 11 is 0. The van der Waals surface area contributed by atoms with Crippen LogP contribution in [0.4, 0.5) is 75.4 Å². The number of aromatic amines is 2. The first-order chi connectivity index (χ1) is 52.5. The minimum atomic E-state index is -5.03. The highest BCUT2D eigenvalue weighted by molar-refractivity contribution is 6.11. The molecule has 0 atom stereocenters. The minimum Gasteiger partial charge on any atom is -0.494 e. The van der Waals surface area contributed by atoms with Crippen LogP contribution in [0.2, 0.25) is 0 Å². The van der Waals surface area contributed by atoms with Gasteiger partial charge in [-0.3, -0.25) is 0 Å². The molecular weight excluding hydrogens is 1420 g/mol. The summed E-state index contributed by atoms with van der Waals surface area (Å²) in [5.74, 6) is 2.56. The lowest BCUT2D eigenvalue weighted by atomic mass is 10.0. The van der Waals surface area contributed by atoms with E-state index in [0.29, 0.717) is 117 Å². The first kappa shape index (κ1) is 72.8. The highest BCUT2D eigenvalue weighted by atomic mass is 19.4. The van der Waals surface area contributed by atoms with Gasteiger partial charge in [0.15, 0.2) is 0 Å². The Labute approximate surface area is 616 Å². The molecule has 0 saturated heterocycles. The van der Waals surface area contributed by atoms with E-state index in [2.05, 4.69) is 41.2 Å². The number of allylic oxidation sites excluding steroid dienone is 4. The SMILES string of the molecule is FC(F)(F)c1cc(NC2=NC(=C(c3ccccc3)c3ccc(C(=C4C=CC(Nc5cccc(OCCCCCOc6cccc(NC7=NC(=C(c8ccccc8)c8ccc(C(=C9C=CC(Nc%10cc(C(F)(F)F)cc(C(F)(F)F)c%10)=N9)c9ccccc9)[nH]8)C=C7)c6)c5)=N4)c4ccccc4)[nH]3)C=C2)cc(C(F)(F)F)c1. The molecule has 8 aromatic carbocycles. The number of nitrogens with one attached hydrogen (secondary N) is 6. The van der Waals surface area contributed by atoms with Crippen molar-refractivity contribution < 1.29 is 62.2 Å². The molecule has 24 heteroatoms. The topological polar surface area (TPSA) is 148 Å². The van der Waals surface area contributed by atoms with Gasteiger partial charge in [0, 0.05) is 80.0 Å². The summed E-state index contributed by atoms with van der Waals surface area (Å²) in [6.45, 7) is 0.927. The number of nitrogens with zero attached hydrogens (tertiary/aromatic N) is 4. The molecule has 4 aliphatic heterocycles. The fraction of sp³-hybridized carbons (Fsp3) is 0.106. The normalized spacial score (nSPS) is 16.0. The zero-order valence-corrected chi connectivity index (χ0v) is 57.2. The summed E-state index contributed by atoms with van der Waals surface area (Å²) in [6.07, 6.45) is -3.93. The van der Waals surface area contributed by atoms with E-state index in [0.717, 1.165) is 64.0 Å². The van der Waals surface area contributed by atoms with Gasteiger partial charge >= 0.3 is 24.7 Å². The number of halogens is 12. The molecule has 0 fully saturated rings. The Morgan fingerprint density at radius 2 is 0.541 bits per heavy atom. The Morgan fingerprint density at radius 1 is 0.275 bits per heavy atom. The minimum absolute atomic E-state index is 0.0374.